The van der Waals surface area contributed by atoms with Gasteiger partial charge in [0.05, 0.1) is 0 Å². The third-order valence-corrected chi connectivity index (χ3v) is 3.65. The first-order valence-electron chi connectivity index (χ1n) is 5.59. The molecule has 0 N–H and O–H groups in total. The van der Waals surface area contributed by atoms with Crippen LogP contribution in [0.25, 0.3) is 28.1 Å². The van der Waals surface area contributed by atoms with Crippen LogP contribution in [0.3, 0.4) is 0 Å². The van der Waals surface area contributed by atoms with E-state index < -0.39 is 0 Å². The molecule has 0 saturated carbocycles. The second-order valence-electron chi connectivity index (χ2n) is 4.44. The molecule has 0 atom stereocenters. The molecular formula is C16H14. The summed E-state index contributed by atoms with van der Waals surface area (Å²) in [7, 11) is 0. The largest absolute Gasteiger partial charge is 0.0909 e. The summed E-state index contributed by atoms with van der Waals surface area (Å²) in [6, 6.07) is 13.0. The minimum Gasteiger partial charge on any atom is -0.0909 e. The number of aryl methyl sites for hydroxylation is 1. The van der Waals surface area contributed by atoms with E-state index >= 15 is 0 Å². The van der Waals surface area contributed by atoms with E-state index in [0.717, 1.165) is 0 Å². The fourth-order valence-corrected chi connectivity index (χ4v) is 2.54. The van der Waals surface area contributed by atoms with Gasteiger partial charge in [-0.25, -0.2) is 0 Å². The second kappa shape index (κ2) is 3.08. The average Bonchev–Trinajstić information content (AvgIpc) is 2.33. The maximum absolute atomic E-state index is 4.21. The summed E-state index contributed by atoms with van der Waals surface area (Å²) in [5.74, 6) is 0. The summed E-state index contributed by atoms with van der Waals surface area (Å²) in [6.45, 7) is 8.56. The molecule has 0 heteroatoms. The van der Waals surface area contributed by atoms with Crippen molar-refractivity contribution >= 4 is 28.1 Å². The third kappa shape index (κ3) is 1.04. The zero-order chi connectivity index (χ0) is 11.3. The molecule has 0 amide bonds. The first-order valence-corrected chi connectivity index (χ1v) is 5.59. The number of benzene rings is 3. The van der Waals surface area contributed by atoms with E-state index in [1.54, 1.807) is 0 Å². The van der Waals surface area contributed by atoms with E-state index in [0.29, 0.717) is 0 Å². The van der Waals surface area contributed by atoms with E-state index in [-0.39, 0.29) is 0 Å². The summed E-state index contributed by atoms with van der Waals surface area (Å²) < 4.78 is 0. The highest BCUT2D eigenvalue weighted by atomic mass is 14.1. The Kier molecular flexibility index (Phi) is 1.81. The Morgan fingerprint density at radius 3 is 2.12 bits per heavy atom. The van der Waals surface area contributed by atoms with Gasteiger partial charge in [-0.15, -0.1) is 0 Å². The van der Waals surface area contributed by atoms with Gasteiger partial charge < -0.3 is 0 Å². The lowest BCUT2D eigenvalue weighted by atomic mass is 9.93. The van der Waals surface area contributed by atoms with Crippen molar-refractivity contribution < 1.29 is 0 Å². The van der Waals surface area contributed by atoms with Gasteiger partial charge in [-0.2, -0.15) is 0 Å². The minimum absolute atomic E-state index is 1.17. The average molecular weight is 206 g/mol. The van der Waals surface area contributed by atoms with E-state index in [1.807, 2.05) is 0 Å². The highest BCUT2D eigenvalue weighted by Crippen LogP contribution is 2.27. The molecule has 0 radical (unpaired) electrons. The van der Waals surface area contributed by atoms with Gasteiger partial charge in [-0.3, -0.25) is 0 Å². The van der Waals surface area contributed by atoms with Gasteiger partial charge in [0, 0.05) is 0 Å². The van der Waals surface area contributed by atoms with Gasteiger partial charge in [-0.1, -0.05) is 43.0 Å². The Labute approximate surface area is 95.2 Å². The standard InChI is InChI=1S/C16H14/c1-10-11(2)14-8-4-6-13-7-5-9-15(12(10)3)16(13)14/h4-9H,2H2,1,3H3. The molecule has 0 bridgehead atoms. The van der Waals surface area contributed by atoms with Crippen LogP contribution >= 0.6 is 0 Å². The Balaban J connectivity index is 2.80. The summed E-state index contributed by atoms with van der Waals surface area (Å²) in [4.78, 5) is 0. The van der Waals surface area contributed by atoms with Crippen molar-refractivity contribution in [2.24, 2.45) is 0 Å². The predicted molar refractivity (Wildman–Crippen MR) is 71.7 cm³/mol. The maximum Gasteiger partial charge on any atom is -0.00302 e. The molecule has 0 heterocycles. The van der Waals surface area contributed by atoms with Crippen molar-refractivity contribution in [3.8, 4) is 0 Å². The van der Waals surface area contributed by atoms with Gasteiger partial charge in [0.1, 0.15) is 0 Å². The predicted octanol–water partition coefficient (Wildman–Crippen LogP) is 3.74. The minimum atomic E-state index is 1.17. The fraction of sp³-hybridized carbons (Fsp3) is 0.125. The Morgan fingerprint density at radius 2 is 1.44 bits per heavy atom. The van der Waals surface area contributed by atoms with Crippen molar-refractivity contribution in [3.63, 3.8) is 0 Å². The Morgan fingerprint density at radius 1 is 0.812 bits per heavy atom. The molecule has 0 aliphatic heterocycles. The Hall–Kier alpha value is -1.82. The summed E-state index contributed by atoms with van der Waals surface area (Å²) >= 11 is 0. The topological polar surface area (TPSA) is 0 Å². The fourth-order valence-electron chi connectivity index (χ4n) is 2.54. The van der Waals surface area contributed by atoms with Crippen LogP contribution in [0.15, 0.2) is 36.4 Å². The van der Waals surface area contributed by atoms with Gasteiger partial charge in [0.25, 0.3) is 0 Å². The van der Waals surface area contributed by atoms with Gasteiger partial charge in [-0.05, 0) is 51.7 Å². The molecule has 0 aliphatic rings. The first-order chi connectivity index (χ1) is 7.70. The SMILES string of the molecule is C=c1c(C)c(C)c2cccc3cccc1c32. The maximum atomic E-state index is 4.21. The summed E-state index contributed by atoms with van der Waals surface area (Å²) in [6.07, 6.45) is 0. The molecule has 0 aromatic heterocycles. The van der Waals surface area contributed by atoms with Crippen LogP contribution in [-0.2, 0) is 0 Å². The molecule has 0 aliphatic carbocycles. The molecule has 16 heavy (non-hydrogen) atoms. The van der Waals surface area contributed by atoms with E-state index in [9.17, 15) is 0 Å². The quantitative estimate of drug-likeness (QED) is 0.525. The number of rotatable bonds is 0. The van der Waals surface area contributed by atoms with Crippen LogP contribution in [0.1, 0.15) is 11.1 Å². The molecule has 0 spiro atoms. The molecule has 3 aromatic carbocycles. The molecule has 3 rings (SSSR count). The van der Waals surface area contributed by atoms with Crippen LogP contribution in [-0.4, -0.2) is 0 Å². The molecule has 0 saturated heterocycles. The molecule has 78 valence electrons. The van der Waals surface area contributed by atoms with E-state index in [2.05, 4.69) is 56.8 Å². The molecular weight excluding hydrogens is 192 g/mol. The molecule has 0 fully saturated rings. The first kappa shape index (κ1) is 9.41. The molecule has 3 aromatic rings. The van der Waals surface area contributed by atoms with Gasteiger partial charge >= 0.3 is 0 Å². The molecule has 0 unspecified atom stereocenters. The zero-order valence-corrected chi connectivity index (χ0v) is 9.67. The number of hydrogen-bond donors (Lipinski definition) is 0. The summed E-state index contributed by atoms with van der Waals surface area (Å²) in [5.41, 5.74) is 2.67. The van der Waals surface area contributed by atoms with Crippen molar-refractivity contribution in [3.05, 3.63) is 52.7 Å². The van der Waals surface area contributed by atoms with E-state index in [4.69, 9.17) is 0 Å². The molecule has 0 nitrogen and oxygen atoms in total. The van der Waals surface area contributed by atoms with Crippen molar-refractivity contribution in [1.29, 1.82) is 0 Å². The lowest BCUT2D eigenvalue weighted by Gasteiger charge is -2.11. The normalized spacial score (nSPS) is 11.4. The smallest absolute Gasteiger partial charge is 0.00302 e. The van der Waals surface area contributed by atoms with Crippen LogP contribution in [0.2, 0.25) is 0 Å². The highest BCUT2D eigenvalue weighted by Gasteiger charge is 2.07. The third-order valence-electron chi connectivity index (χ3n) is 3.65. The van der Waals surface area contributed by atoms with Crippen molar-refractivity contribution in [1.82, 2.24) is 0 Å². The Bertz CT molecular complexity index is 730. The zero-order valence-electron chi connectivity index (χ0n) is 9.67. The van der Waals surface area contributed by atoms with Crippen LogP contribution in [0, 0.1) is 13.8 Å². The second-order valence-corrected chi connectivity index (χ2v) is 4.44. The van der Waals surface area contributed by atoms with Crippen molar-refractivity contribution in [2.45, 2.75) is 13.8 Å². The van der Waals surface area contributed by atoms with Gasteiger partial charge in [0.2, 0.25) is 0 Å². The summed E-state index contributed by atoms with van der Waals surface area (Å²) in [5, 5.41) is 6.48. The van der Waals surface area contributed by atoms with Crippen LogP contribution in [0.5, 0.6) is 0 Å². The van der Waals surface area contributed by atoms with E-state index in [1.165, 1.54) is 37.9 Å². The van der Waals surface area contributed by atoms with Crippen molar-refractivity contribution in [2.75, 3.05) is 0 Å². The lowest BCUT2D eigenvalue weighted by molar-refractivity contribution is 1.36. The van der Waals surface area contributed by atoms with Crippen LogP contribution in [0.4, 0.5) is 0 Å². The monoisotopic (exact) mass is 206 g/mol. The number of hydrogen-bond acceptors (Lipinski definition) is 0. The highest BCUT2D eigenvalue weighted by molar-refractivity contribution is 6.11. The van der Waals surface area contributed by atoms with Gasteiger partial charge in [0.15, 0.2) is 0 Å². The lowest BCUT2D eigenvalue weighted by Crippen LogP contribution is -2.07. The van der Waals surface area contributed by atoms with Crippen LogP contribution < -0.4 is 5.22 Å².